The van der Waals surface area contributed by atoms with Crippen molar-refractivity contribution in [3.05, 3.63) is 18.0 Å². The van der Waals surface area contributed by atoms with Crippen LogP contribution in [0, 0.1) is 17.8 Å². The molecule has 0 radical (unpaired) electrons. The Kier molecular flexibility index (Phi) is 4.34. The largest absolute Gasteiger partial charge is 0.390 e. The fourth-order valence-electron chi connectivity index (χ4n) is 3.82. The van der Waals surface area contributed by atoms with Gasteiger partial charge in [-0.3, -0.25) is 4.68 Å². The van der Waals surface area contributed by atoms with Gasteiger partial charge in [0, 0.05) is 18.9 Å². The summed E-state index contributed by atoms with van der Waals surface area (Å²) in [5, 5.41) is 15.3. The molecule has 1 aliphatic carbocycles. The minimum atomic E-state index is -0.490. The van der Waals surface area contributed by atoms with Gasteiger partial charge in [-0.1, -0.05) is 27.2 Å². The molecule has 3 heteroatoms. The molecule has 1 fully saturated rings. The quantitative estimate of drug-likeness (QED) is 0.907. The van der Waals surface area contributed by atoms with Gasteiger partial charge in [-0.2, -0.15) is 5.10 Å². The minimum absolute atomic E-state index is 0.442. The minimum Gasteiger partial charge on any atom is -0.390 e. The van der Waals surface area contributed by atoms with Gasteiger partial charge in [0.1, 0.15) is 0 Å². The Labute approximate surface area is 117 Å². The van der Waals surface area contributed by atoms with Crippen molar-refractivity contribution in [2.45, 2.75) is 58.5 Å². The van der Waals surface area contributed by atoms with Crippen molar-refractivity contribution in [3.8, 4) is 0 Å². The number of hydrogen-bond donors (Lipinski definition) is 1. The Morgan fingerprint density at radius 3 is 2.79 bits per heavy atom. The van der Waals surface area contributed by atoms with Crippen molar-refractivity contribution in [1.82, 2.24) is 9.78 Å². The van der Waals surface area contributed by atoms with Crippen LogP contribution in [0.2, 0.25) is 0 Å². The van der Waals surface area contributed by atoms with Crippen LogP contribution in [-0.4, -0.2) is 20.5 Å². The molecule has 108 valence electrons. The van der Waals surface area contributed by atoms with Crippen molar-refractivity contribution in [3.63, 3.8) is 0 Å². The lowest BCUT2D eigenvalue weighted by Crippen LogP contribution is -2.45. The van der Waals surface area contributed by atoms with Crippen LogP contribution >= 0.6 is 0 Å². The topological polar surface area (TPSA) is 38.1 Å². The molecule has 1 aliphatic rings. The molecule has 3 atom stereocenters. The molecule has 1 aromatic heterocycles. The maximum Gasteiger partial charge on any atom is 0.0684 e. The maximum absolute atomic E-state index is 11.1. The third-order valence-electron chi connectivity index (χ3n) is 4.90. The van der Waals surface area contributed by atoms with Gasteiger partial charge in [0.2, 0.25) is 0 Å². The number of aryl methyl sites for hydroxylation is 2. The van der Waals surface area contributed by atoms with Gasteiger partial charge < -0.3 is 5.11 Å². The highest BCUT2D eigenvalue weighted by Crippen LogP contribution is 2.43. The van der Waals surface area contributed by atoms with E-state index in [1.54, 1.807) is 0 Å². The van der Waals surface area contributed by atoms with E-state index in [0.29, 0.717) is 17.8 Å². The fourth-order valence-corrected chi connectivity index (χ4v) is 3.82. The van der Waals surface area contributed by atoms with Crippen LogP contribution < -0.4 is 0 Å². The first-order valence-corrected chi connectivity index (χ1v) is 7.61. The Balaban J connectivity index is 2.07. The Bertz CT molecular complexity index is 413. The summed E-state index contributed by atoms with van der Waals surface area (Å²) >= 11 is 0. The first kappa shape index (κ1) is 14.6. The molecule has 1 aromatic rings. The third-order valence-corrected chi connectivity index (χ3v) is 4.90. The molecule has 2 rings (SSSR count). The highest BCUT2D eigenvalue weighted by molar-refractivity contribution is 5.03. The van der Waals surface area contributed by atoms with Crippen LogP contribution in [-0.2, 0) is 13.5 Å². The molecule has 0 bridgehead atoms. The highest BCUT2D eigenvalue weighted by atomic mass is 16.3. The van der Waals surface area contributed by atoms with Crippen molar-refractivity contribution in [2.24, 2.45) is 24.8 Å². The molecule has 1 saturated carbocycles. The summed E-state index contributed by atoms with van der Waals surface area (Å²) in [5.41, 5.74) is 0.727. The van der Waals surface area contributed by atoms with E-state index in [2.05, 4.69) is 31.9 Å². The number of rotatable bonds is 4. The fraction of sp³-hybridized carbons (Fsp3) is 0.812. The molecular weight excluding hydrogens is 236 g/mol. The van der Waals surface area contributed by atoms with E-state index in [0.717, 1.165) is 19.3 Å². The van der Waals surface area contributed by atoms with Crippen LogP contribution in [0.15, 0.2) is 12.3 Å². The van der Waals surface area contributed by atoms with Crippen LogP contribution in [0.25, 0.3) is 0 Å². The smallest absolute Gasteiger partial charge is 0.0684 e. The van der Waals surface area contributed by atoms with Crippen molar-refractivity contribution < 1.29 is 5.11 Å². The van der Waals surface area contributed by atoms with Gasteiger partial charge >= 0.3 is 0 Å². The van der Waals surface area contributed by atoms with E-state index in [1.165, 1.54) is 18.5 Å². The van der Waals surface area contributed by atoms with Crippen LogP contribution in [0.4, 0.5) is 0 Å². The molecule has 0 saturated heterocycles. The zero-order valence-electron chi connectivity index (χ0n) is 12.8. The van der Waals surface area contributed by atoms with E-state index >= 15 is 0 Å². The van der Waals surface area contributed by atoms with Crippen molar-refractivity contribution >= 4 is 0 Å². The van der Waals surface area contributed by atoms with E-state index < -0.39 is 5.60 Å². The van der Waals surface area contributed by atoms with Gasteiger partial charge in [-0.05, 0) is 49.5 Å². The molecule has 0 amide bonds. The number of aliphatic hydroxyl groups is 1. The second-order valence-electron chi connectivity index (χ2n) is 6.79. The molecule has 0 aliphatic heterocycles. The third kappa shape index (κ3) is 3.19. The lowest BCUT2D eigenvalue weighted by atomic mass is 9.65. The summed E-state index contributed by atoms with van der Waals surface area (Å²) in [4.78, 5) is 0. The van der Waals surface area contributed by atoms with Gasteiger partial charge in [0.05, 0.1) is 5.60 Å². The van der Waals surface area contributed by atoms with Gasteiger partial charge in [-0.15, -0.1) is 0 Å². The number of aromatic nitrogens is 2. The Hall–Kier alpha value is -0.830. The zero-order chi connectivity index (χ0) is 14.0. The van der Waals surface area contributed by atoms with Gasteiger partial charge in [0.25, 0.3) is 0 Å². The first-order chi connectivity index (χ1) is 8.92. The number of hydrogen-bond acceptors (Lipinski definition) is 2. The van der Waals surface area contributed by atoms with E-state index in [4.69, 9.17) is 0 Å². The molecule has 19 heavy (non-hydrogen) atoms. The second kappa shape index (κ2) is 5.66. The highest BCUT2D eigenvalue weighted by Gasteiger charge is 2.42. The van der Waals surface area contributed by atoms with Crippen LogP contribution in [0.3, 0.4) is 0 Å². The summed E-state index contributed by atoms with van der Waals surface area (Å²) < 4.78 is 1.92. The molecule has 3 nitrogen and oxygen atoms in total. The van der Waals surface area contributed by atoms with E-state index in [-0.39, 0.29) is 0 Å². The second-order valence-corrected chi connectivity index (χ2v) is 6.79. The molecule has 0 aromatic carbocycles. The summed E-state index contributed by atoms with van der Waals surface area (Å²) in [6.07, 6.45) is 7.00. The summed E-state index contributed by atoms with van der Waals surface area (Å²) in [6, 6.07) is 2.06. The predicted octanol–water partition coefficient (Wildman–Crippen LogP) is 3.18. The summed E-state index contributed by atoms with van der Waals surface area (Å²) in [5.74, 6) is 1.65. The monoisotopic (exact) mass is 264 g/mol. The van der Waals surface area contributed by atoms with Gasteiger partial charge in [0.15, 0.2) is 0 Å². The van der Waals surface area contributed by atoms with Gasteiger partial charge in [-0.25, -0.2) is 0 Å². The Morgan fingerprint density at radius 2 is 2.21 bits per heavy atom. The molecule has 0 spiro atoms. The lowest BCUT2D eigenvalue weighted by molar-refractivity contribution is -0.0857. The normalized spacial score (nSPS) is 31.9. The molecule has 1 heterocycles. The first-order valence-electron chi connectivity index (χ1n) is 7.61. The average molecular weight is 264 g/mol. The summed E-state index contributed by atoms with van der Waals surface area (Å²) in [7, 11) is 1.98. The van der Waals surface area contributed by atoms with Crippen LogP contribution in [0.1, 0.15) is 52.1 Å². The SMILES string of the molecule is CC1CCC(C(C)C)C(O)(CCc2ccnn2C)C1. The average Bonchev–Trinajstić information content (AvgIpc) is 2.71. The molecule has 1 N–H and O–H groups in total. The summed E-state index contributed by atoms with van der Waals surface area (Å²) in [6.45, 7) is 6.76. The maximum atomic E-state index is 11.1. The van der Waals surface area contributed by atoms with E-state index in [1.807, 2.05) is 17.9 Å². The lowest BCUT2D eigenvalue weighted by Gasteiger charge is -2.45. The van der Waals surface area contributed by atoms with Crippen molar-refractivity contribution in [2.75, 3.05) is 0 Å². The Morgan fingerprint density at radius 1 is 1.47 bits per heavy atom. The zero-order valence-corrected chi connectivity index (χ0v) is 12.8. The number of nitrogens with zero attached hydrogens (tertiary/aromatic N) is 2. The van der Waals surface area contributed by atoms with Crippen molar-refractivity contribution in [1.29, 1.82) is 0 Å². The standard InChI is InChI=1S/C16H28N2O/c1-12(2)15-6-5-13(3)11-16(15,19)9-7-14-8-10-17-18(14)4/h8,10,12-13,15,19H,5-7,9,11H2,1-4H3. The predicted molar refractivity (Wildman–Crippen MR) is 77.8 cm³/mol. The molecular formula is C16H28N2O. The van der Waals surface area contributed by atoms with E-state index in [9.17, 15) is 5.11 Å². The van der Waals surface area contributed by atoms with Crippen LogP contribution in [0.5, 0.6) is 0 Å². The molecule has 3 unspecified atom stereocenters.